The molecule has 2 heterocycles. The van der Waals surface area contributed by atoms with Crippen molar-refractivity contribution in [1.82, 2.24) is 9.97 Å². The van der Waals surface area contributed by atoms with Crippen LogP contribution in [0.25, 0.3) is 10.7 Å². The summed E-state index contributed by atoms with van der Waals surface area (Å²) in [4.78, 5) is 20.4. The molecule has 5 heteroatoms. The topological polar surface area (TPSA) is 45.8 Å². The lowest BCUT2D eigenvalue weighted by molar-refractivity contribution is 1.08. The van der Waals surface area contributed by atoms with E-state index in [0.29, 0.717) is 5.82 Å². The summed E-state index contributed by atoms with van der Waals surface area (Å²) in [6.07, 6.45) is 0. The Kier molecular flexibility index (Phi) is 2.75. The number of aryl methyl sites for hydroxylation is 2. The van der Waals surface area contributed by atoms with Gasteiger partial charge in [-0.1, -0.05) is 0 Å². The molecule has 0 aliphatic carbocycles. The molecule has 1 N–H and O–H groups in total. The number of halogens is 1. The molecule has 0 bridgehead atoms. The number of thiophene rings is 1. The summed E-state index contributed by atoms with van der Waals surface area (Å²) in [7, 11) is 0. The quantitative estimate of drug-likeness (QED) is 0.875. The molecule has 2 rings (SSSR count). The first-order valence-electron chi connectivity index (χ1n) is 4.40. The van der Waals surface area contributed by atoms with Crippen LogP contribution in [0.3, 0.4) is 0 Å². The lowest BCUT2D eigenvalue weighted by Crippen LogP contribution is -2.07. The number of hydrogen-bond donors (Lipinski definition) is 1. The van der Waals surface area contributed by atoms with Crippen LogP contribution in [0.5, 0.6) is 0 Å². The Morgan fingerprint density at radius 3 is 2.67 bits per heavy atom. The van der Waals surface area contributed by atoms with Crippen LogP contribution in [0.4, 0.5) is 0 Å². The van der Waals surface area contributed by atoms with Crippen molar-refractivity contribution < 1.29 is 0 Å². The first-order chi connectivity index (χ1) is 7.06. The van der Waals surface area contributed by atoms with Gasteiger partial charge in [-0.2, -0.15) is 0 Å². The number of nitrogens with one attached hydrogen (secondary N) is 1. The van der Waals surface area contributed by atoms with Gasteiger partial charge in [-0.25, -0.2) is 4.98 Å². The van der Waals surface area contributed by atoms with E-state index in [9.17, 15) is 4.79 Å². The third kappa shape index (κ3) is 2.18. The molecule has 2 aromatic heterocycles. The molecule has 0 aliphatic heterocycles. The van der Waals surface area contributed by atoms with Gasteiger partial charge in [0.05, 0.1) is 4.88 Å². The van der Waals surface area contributed by atoms with Gasteiger partial charge in [-0.05, 0) is 35.8 Å². The van der Waals surface area contributed by atoms with Gasteiger partial charge < -0.3 is 4.98 Å². The van der Waals surface area contributed by atoms with Crippen LogP contribution >= 0.6 is 27.3 Å². The first kappa shape index (κ1) is 10.6. The third-order valence-corrected chi connectivity index (χ3v) is 4.10. The van der Waals surface area contributed by atoms with Gasteiger partial charge in [0.1, 0.15) is 0 Å². The second-order valence-electron chi connectivity index (χ2n) is 3.25. The number of hydrogen-bond acceptors (Lipinski definition) is 3. The predicted molar refractivity (Wildman–Crippen MR) is 65.3 cm³/mol. The average molecular weight is 285 g/mol. The second-order valence-corrected chi connectivity index (χ2v) is 5.36. The summed E-state index contributed by atoms with van der Waals surface area (Å²) in [6, 6.07) is 3.46. The van der Waals surface area contributed by atoms with E-state index < -0.39 is 0 Å². The Balaban J connectivity index is 2.58. The normalized spacial score (nSPS) is 10.6. The minimum Gasteiger partial charge on any atom is -0.306 e. The zero-order valence-corrected chi connectivity index (χ0v) is 10.7. The fraction of sp³-hybridized carbons (Fsp3) is 0.200. The molecule has 0 saturated heterocycles. The van der Waals surface area contributed by atoms with Crippen LogP contribution in [0.15, 0.2) is 21.4 Å². The van der Waals surface area contributed by atoms with E-state index in [1.807, 2.05) is 19.9 Å². The van der Waals surface area contributed by atoms with Crippen molar-refractivity contribution in [2.75, 3.05) is 0 Å². The fourth-order valence-electron chi connectivity index (χ4n) is 1.27. The highest BCUT2D eigenvalue weighted by Crippen LogP contribution is 2.31. The smallest absolute Gasteiger partial charge is 0.251 e. The zero-order valence-electron chi connectivity index (χ0n) is 8.30. The highest BCUT2D eigenvalue weighted by molar-refractivity contribution is 9.10. The number of H-pyrrole nitrogens is 1. The van der Waals surface area contributed by atoms with Gasteiger partial charge in [-0.3, -0.25) is 4.79 Å². The number of nitrogens with zero attached hydrogens (tertiary/aromatic N) is 1. The largest absolute Gasteiger partial charge is 0.306 e. The average Bonchev–Trinajstić information content (AvgIpc) is 2.45. The van der Waals surface area contributed by atoms with Crippen molar-refractivity contribution in [3.8, 4) is 10.7 Å². The van der Waals surface area contributed by atoms with Crippen LogP contribution < -0.4 is 5.56 Å². The van der Waals surface area contributed by atoms with Crippen LogP contribution in [0, 0.1) is 13.8 Å². The standard InChI is InChI=1S/C10H9BrN2OS/c1-5-3-9(14)13-10(12-5)8-4-7(11)6(2)15-8/h3-4H,1-2H3,(H,12,13,14). The zero-order chi connectivity index (χ0) is 11.0. The van der Waals surface area contributed by atoms with Crippen molar-refractivity contribution in [2.24, 2.45) is 0 Å². The molecular weight excluding hydrogens is 276 g/mol. The van der Waals surface area contributed by atoms with Crippen LogP contribution in [-0.2, 0) is 0 Å². The molecular formula is C10H9BrN2OS. The van der Waals surface area contributed by atoms with Crippen molar-refractivity contribution in [1.29, 1.82) is 0 Å². The molecule has 0 fully saturated rings. The maximum atomic E-state index is 11.3. The van der Waals surface area contributed by atoms with Crippen LogP contribution in [0.2, 0.25) is 0 Å². The molecule has 0 unspecified atom stereocenters. The lowest BCUT2D eigenvalue weighted by atomic mass is 10.4. The molecule has 0 aliphatic rings. The monoisotopic (exact) mass is 284 g/mol. The summed E-state index contributed by atoms with van der Waals surface area (Å²) in [5.41, 5.74) is 0.621. The maximum Gasteiger partial charge on any atom is 0.251 e. The molecule has 0 radical (unpaired) electrons. The van der Waals surface area contributed by atoms with E-state index >= 15 is 0 Å². The fourth-order valence-corrected chi connectivity index (χ4v) is 2.75. The van der Waals surface area contributed by atoms with E-state index in [-0.39, 0.29) is 5.56 Å². The Bertz CT molecular complexity index is 539. The van der Waals surface area contributed by atoms with E-state index in [1.165, 1.54) is 10.9 Å². The summed E-state index contributed by atoms with van der Waals surface area (Å²) in [5, 5.41) is 0. The van der Waals surface area contributed by atoms with Crippen molar-refractivity contribution in [2.45, 2.75) is 13.8 Å². The molecule has 78 valence electrons. The van der Waals surface area contributed by atoms with E-state index in [1.54, 1.807) is 11.3 Å². The predicted octanol–water partition coefficient (Wildman–Crippen LogP) is 2.88. The minimum atomic E-state index is -0.111. The number of aromatic amines is 1. The molecule has 15 heavy (non-hydrogen) atoms. The summed E-state index contributed by atoms with van der Waals surface area (Å²) in [6.45, 7) is 3.83. The van der Waals surface area contributed by atoms with Crippen molar-refractivity contribution in [3.05, 3.63) is 37.5 Å². The van der Waals surface area contributed by atoms with Gasteiger partial charge in [0, 0.05) is 21.1 Å². The summed E-state index contributed by atoms with van der Waals surface area (Å²) >= 11 is 5.05. The van der Waals surface area contributed by atoms with Crippen molar-refractivity contribution in [3.63, 3.8) is 0 Å². The van der Waals surface area contributed by atoms with Crippen LogP contribution in [0.1, 0.15) is 10.6 Å². The number of aromatic nitrogens is 2. The lowest BCUT2D eigenvalue weighted by Gasteiger charge is -1.97. The molecule has 0 aromatic carbocycles. The first-order valence-corrected chi connectivity index (χ1v) is 6.01. The SMILES string of the molecule is Cc1cc(=O)[nH]c(-c2cc(Br)c(C)s2)n1. The molecule has 3 nitrogen and oxygen atoms in total. The van der Waals surface area contributed by atoms with E-state index in [2.05, 4.69) is 25.9 Å². The third-order valence-electron chi connectivity index (χ3n) is 1.96. The highest BCUT2D eigenvalue weighted by Gasteiger charge is 2.07. The van der Waals surface area contributed by atoms with Gasteiger partial charge >= 0.3 is 0 Å². The molecule has 0 atom stereocenters. The van der Waals surface area contributed by atoms with Gasteiger partial charge in [-0.15, -0.1) is 11.3 Å². The van der Waals surface area contributed by atoms with Crippen molar-refractivity contribution >= 4 is 27.3 Å². The van der Waals surface area contributed by atoms with Gasteiger partial charge in [0.2, 0.25) is 0 Å². The Hall–Kier alpha value is -0.940. The maximum absolute atomic E-state index is 11.3. The van der Waals surface area contributed by atoms with E-state index in [0.717, 1.165) is 15.0 Å². The molecule has 2 aromatic rings. The Morgan fingerprint density at radius 1 is 1.40 bits per heavy atom. The Morgan fingerprint density at radius 2 is 2.13 bits per heavy atom. The van der Waals surface area contributed by atoms with Gasteiger partial charge in [0.15, 0.2) is 5.82 Å². The minimum absolute atomic E-state index is 0.111. The second kappa shape index (κ2) is 3.90. The molecule has 0 spiro atoms. The molecule has 0 saturated carbocycles. The van der Waals surface area contributed by atoms with Gasteiger partial charge in [0.25, 0.3) is 5.56 Å². The van der Waals surface area contributed by atoms with E-state index in [4.69, 9.17) is 0 Å². The molecule has 0 amide bonds. The summed E-state index contributed by atoms with van der Waals surface area (Å²) < 4.78 is 1.05. The highest BCUT2D eigenvalue weighted by atomic mass is 79.9. The van der Waals surface area contributed by atoms with Crippen LogP contribution in [-0.4, -0.2) is 9.97 Å². The Labute approximate surface area is 99.3 Å². The number of rotatable bonds is 1. The summed E-state index contributed by atoms with van der Waals surface area (Å²) in [5.74, 6) is 0.638.